The van der Waals surface area contributed by atoms with Gasteiger partial charge in [0.1, 0.15) is 5.82 Å². The molecule has 0 saturated carbocycles. The van der Waals surface area contributed by atoms with Gasteiger partial charge in [-0.15, -0.1) is 11.3 Å². The standard InChI is InChI=1S/C16H16F4N2S/c17-11-3-4-13(16(18,19)20)12(10-11)15(14-2-1-9-23-14)22-7-5-21-6-8-22/h1-4,9-10,15,21H,5-8H2/t15-/m1/s1. The smallest absolute Gasteiger partial charge is 0.314 e. The molecule has 1 aliphatic rings. The molecule has 124 valence electrons. The van der Waals surface area contributed by atoms with Gasteiger partial charge < -0.3 is 5.32 Å². The molecule has 0 aliphatic carbocycles. The quantitative estimate of drug-likeness (QED) is 0.850. The average molecular weight is 344 g/mol. The number of thiophene rings is 1. The Morgan fingerprint density at radius 3 is 2.48 bits per heavy atom. The summed E-state index contributed by atoms with van der Waals surface area (Å²) in [7, 11) is 0. The lowest BCUT2D eigenvalue weighted by Gasteiger charge is -2.35. The van der Waals surface area contributed by atoms with Crippen LogP contribution in [0.15, 0.2) is 35.7 Å². The molecule has 1 aliphatic heterocycles. The summed E-state index contributed by atoms with van der Waals surface area (Å²) in [5, 5.41) is 5.02. The van der Waals surface area contributed by atoms with Gasteiger partial charge in [0.15, 0.2) is 0 Å². The number of alkyl halides is 3. The monoisotopic (exact) mass is 344 g/mol. The van der Waals surface area contributed by atoms with Gasteiger partial charge in [0.2, 0.25) is 0 Å². The van der Waals surface area contributed by atoms with E-state index in [1.807, 2.05) is 22.4 Å². The molecule has 0 radical (unpaired) electrons. The molecule has 1 N–H and O–H groups in total. The molecule has 1 aromatic carbocycles. The van der Waals surface area contributed by atoms with Gasteiger partial charge in [-0.2, -0.15) is 13.2 Å². The minimum absolute atomic E-state index is 0.0122. The van der Waals surface area contributed by atoms with E-state index in [4.69, 9.17) is 0 Å². The number of halogens is 4. The van der Waals surface area contributed by atoms with E-state index in [0.29, 0.717) is 26.2 Å². The molecule has 2 nitrogen and oxygen atoms in total. The van der Waals surface area contributed by atoms with E-state index in [1.165, 1.54) is 11.3 Å². The van der Waals surface area contributed by atoms with Crippen molar-refractivity contribution in [3.63, 3.8) is 0 Å². The van der Waals surface area contributed by atoms with Crippen LogP contribution in [0.25, 0.3) is 0 Å². The van der Waals surface area contributed by atoms with Crippen molar-refractivity contribution in [1.29, 1.82) is 0 Å². The third-order valence-electron chi connectivity index (χ3n) is 3.94. The molecule has 3 rings (SSSR count). The molecule has 23 heavy (non-hydrogen) atoms. The van der Waals surface area contributed by atoms with Gasteiger partial charge in [0, 0.05) is 31.1 Å². The molecule has 1 aromatic heterocycles. The number of piperazine rings is 1. The molecule has 0 spiro atoms. The highest BCUT2D eigenvalue weighted by atomic mass is 32.1. The first-order valence-corrected chi connectivity index (χ1v) is 8.19. The summed E-state index contributed by atoms with van der Waals surface area (Å²) >= 11 is 1.39. The van der Waals surface area contributed by atoms with Crippen LogP contribution in [0.4, 0.5) is 17.6 Å². The molecule has 0 amide bonds. The van der Waals surface area contributed by atoms with Gasteiger partial charge in [0.25, 0.3) is 0 Å². The average Bonchev–Trinajstić information content (AvgIpc) is 3.01. The molecule has 1 fully saturated rings. The molecule has 2 aromatic rings. The van der Waals surface area contributed by atoms with E-state index in [-0.39, 0.29) is 5.56 Å². The Bertz CT molecular complexity index is 649. The van der Waals surface area contributed by atoms with Crippen molar-refractivity contribution >= 4 is 11.3 Å². The first-order chi connectivity index (χ1) is 11.0. The Kier molecular flexibility index (Phi) is 4.70. The molecular weight excluding hydrogens is 328 g/mol. The predicted octanol–water partition coefficient (Wildman–Crippen LogP) is 3.90. The number of rotatable bonds is 3. The summed E-state index contributed by atoms with van der Waals surface area (Å²) in [6.45, 7) is 2.66. The minimum Gasteiger partial charge on any atom is -0.314 e. The van der Waals surface area contributed by atoms with Gasteiger partial charge >= 0.3 is 6.18 Å². The molecule has 2 heterocycles. The van der Waals surface area contributed by atoms with E-state index in [1.54, 1.807) is 0 Å². The van der Waals surface area contributed by atoms with Crippen LogP contribution in [-0.4, -0.2) is 31.1 Å². The highest BCUT2D eigenvalue weighted by Crippen LogP contribution is 2.40. The van der Waals surface area contributed by atoms with Gasteiger partial charge in [-0.3, -0.25) is 4.90 Å². The second-order valence-corrected chi connectivity index (χ2v) is 6.41. The second-order valence-electron chi connectivity index (χ2n) is 5.43. The van der Waals surface area contributed by atoms with Crippen molar-refractivity contribution in [1.82, 2.24) is 10.2 Å². The van der Waals surface area contributed by atoms with Crippen LogP contribution >= 0.6 is 11.3 Å². The van der Waals surface area contributed by atoms with E-state index < -0.39 is 23.6 Å². The van der Waals surface area contributed by atoms with Crippen LogP contribution in [0.3, 0.4) is 0 Å². The van der Waals surface area contributed by atoms with Gasteiger partial charge in [-0.05, 0) is 35.2 Å². The predicted molar refractivity (Wildman–Crippen MR) is 82.0 cm³/mol. The van der Waals surface area contributed by atoms with Crippen molar-refractivity contribution in [3.8, 4) is 0 Å². The summed E-state index contributed by atoms with van der Waals surface area (Å²) < 4.78 is 53.9. The van der Waals surface area contributed by atoms with E-state index >= 15 is 0 Å². The van der Waals surface area contributed by atoms with E-state index in [0.717, 1.165) is 23.1 Å². The van der Waals surface area contributed by atoms with E-state index in [9.17, 15) is 17.6 Å². The largest absolute Gasteiger partial charge is 0.416 e. The van der Waals surface area contributed by atoms with Gasteiger partial charge in [-0.1, -0.05) is 6.07 Å². The summed E-state index contributed by atoms with van der Waals surface area (Å²) in [6, 6.07) is 5.77. The van der Waals surface area contributed by atoms with Crippen molar-refractivity contribution in [2.24, 2.45) is 0 Å². The number of hydrogen-bond donors (Lipinski definition) is 1. The highest BCUT2D eigenvalue weighted by molar-refractivity contribution is 7.10. The van der Waals surface area contributed by atoms with Crippen molar-refractivity contribution in [2.75, 3.05) is 26.2 Å². The zero-order valence-corrected chi connectivity index (χ0v) is 13.1. The first kappa shape index (κ1) is 16.4. The lowest BCUT2D eigenvalue weighted by molar-refractivity contribution is -0.138. The maximum atomic E-state index is 13.7. The summed E-state index contributed by atoms with van der Waals surface area (Å²) in [5.41, 5.74) is -0.780. The third-order valence-corrected chi connectivity index (χ3v) is 4.87. The number of benzene rings is 1. The summed E-state index contributed by atoms with van der Waals surface area (Å²) in [6.07, 6.45) is -4.51. The Labute approximate surface area is 135 Å². The fourth-order valence-electron chi connectivity index (χ4n) is 2.94. The zero-order chi connectivity index (χ0) is 16.4. The van der Waals surface area contributed by atoms with Crippen LogP contribution in [0.1, 0.15) is 22.0 Å². The Morgan fingerprint density at radius 2 is 1.87 bits per heavy atom. The fourth-order valence-corrected chi connectivity index (χ4v) is 3.81. The number of nitrogens with one attached hydrogen (secondary N) is 1. The van der Waals surface area contributed by atoms with Crippen molar-refractivity contribution < 1.29 is 17.6 Å². The Hall–Kier alpha value is -1.44. The van der Waals surface area contributed by atoms with Crippen LogP contribution in [0, 0.1) is 5.82 Å². The topological polar surface area (TPSA) is 15.3 Å². The lowest BCUT2D eigenvalue weighted by Crippen LogP contribution is -2.45. The SMILES string of the molecule is Fc1ccc(C(F)(F)F)c([C@H](c2cccs2)N2CCNCC2)c1. The molecule has 0 unspecified atom stereocenters. The van der Waals surface area contributed by atoms with Crippen molar-refractivity contribution in [3.05, 3.63) is 57.5 Å². The summed E-state index contributed by atoms with van der Waals surface area (Å²) in [5.74, 6) is -0.648. The van der Waals surface area contributed by atoms with E-state index in [2.05, 4.69) is 5.32 Å². The van der Waals surface area contributed by atoms with Gasteiger partial charge in [-0.25, -0.2) is 4.39 Å². The maximum absolute atomic E-state index is 13.7. The third kappa shape index (κ3) is 3.57. The Balaban J connectivity index is 2.11. The first-order valence-electron chi connectivity index (χ1n) is 7.31. The lowest BCUT2D eigenvalue weighted by atomic mass is 9.96. The van der Waals surface area contributed by atoms with Crippen LogP contribution < -0.4 is 5.32 Å². The maximum Gasteiger partial charge on any atom is 0.416 e. The van der Waals surface area contributed by atoms with Crippen LogP contribution in [0.5, 0.6) is 0 Å². The van der Waals surface area contributed by atoms with Crippen LogP contribution in [-0.2, 0) is 6.18 Å². The highest BCUT2D eigenvalue weighted by Gasteiger charge is 2.37. The fraction of sp³-hybridized carbons (Fsp3) is 0.375. The number of nitrogens with zero attached hydrogens (tertiary/aromatic N) is 1. The number of hydrogen-bond acceptors (Lipinski definition) is 3. The van der Waals surface area contributed by atoms with Crippen molar-refractivity contribution in [2.45, 2.75) is 12.2 Å². The minimum atomic E-state index is -4.51. The van der Waals surface area contributed by atoms with Gasteiger partial charge in [0.05, 0.1) is 11.6 Å². The summed E-state index contributed by atoms with van der Waals surface area (Å²) in [4.78, 5) is 2.77. The zero-order valence-electron chi connectivity index (χ0n) is 12.2. The van der Waals surface area contributed by atoms with Crippen LogP contribution in [0.2, 0.25) is 0 Å². The molecular formula is C16H16F4N2S. The molecule has 7 heteroatoms. The second kappa shape index (κ2) is 6.59. The molecule has 1 atom stereocenters. The molecule has 0 bridgehead atoms. The molecule has 1 saturated heterocycles. The Morgan fingerprint density at radius 1 is 1.13 bits per heavy atom. The normalized spacial score (nSPS) is 18.1.